The summed E-state index contributed by atoms with van der Waals surface area (Å²) < 4.78 is 4.64. The number of carbonyl (C=O) groups excluding carboxylic acids is 1. The summed E-state index contributed by atoms with van der Waals surface area (Å²) in [7, 11) is 0. The fourth-order valence-electron chi connectivity index (χ4n) is 0.594. The van der Waals surface area contributed by atoms with E-state index in [1.54, 1.807) is 13.0 Å². The van der Waals surface area contributed by atoms with Crippen LogP contribution in [0.2, 0.25) is 0 Å². The van der Waals surface area contributed by atoms with Crippen molar-refractivity contribution in [2.24, 2.45) is 5.92 Å². The van der Waals surface area contributed by atoms with E-state index in [0.717, 1.165) is 0 Å². The number of aliphatic hydroxyl groups is 1. The second-order valence-corrected chi connectivity index (χ2v) is 2.73. The zero-order valence-electron chi connectivity index (χ0n) is 7.50. The van der Waals surface area contributed by atoms with Crippen LogP contribution in [0.15, 0.2) is 0 Å². The zero-order valence-corrected chi connectivity index (χ0v) is 7.50. The Morgan fingerprint density at radius 3 is 2.67 bits per heavy atom. The van der Waals surface area contributed by atoms with E-state index in [1.807, 2.05) is 0 Å². The van der Waals surface area contributed by atoms with Crippen molar-refractivity contribution in [3.63, 3.8) is 0 Å². The Kier molecular flexibility index (Phi) is 3.71. The number of carbonyl (C=O) groups is 1. The number of esters is 1. The van der Waals surface area contributed by atoms with Crippen molar-refractivity contribution in [1.29, 1.82) is 5.26 Å². The lowest BCUT2D eigenvalue weighted by Crippen LogP contribution is -2.37. The first-order chi connectivity index (χ1) is 5.45. The lowest BCUT2D eigenvalue weighted by molar-refractivity contribution is -0.153. The van der Waals surface area contributed by atoms with Gasteiger partial charge in [0, 0.05) is 0 Å². The van der Waals surface area contributed by atoms with Crippen molar-refractivity contribution in [2.75, 3.05) is 6.61 Å². The van der Waals surface area contributed by atoms with Gasteiger partial charge in [-0.05, 0) is 20.8 Å². The first-order valence-corrected chi connectivity index (χ1v) is 3.76. The molecule has 0 aromatic carbocycles. The maximum absolute atomic E-state index is 11.0. The average molecular weight is 171 g/mol. The summed E-state index contributed by atoms with van der Waals surface area (Å²) in [6, 6.07) is 1.64. The number of ether oxygens (including phenoxy) is 1. The third-order valence-electron chi connectivity index (χ3n) is 1.71. The van der Waals surface area contributed by atoms with Gasteiger partial charge in [-0.25, -0.2) is 0 Å². The molecule has 12 heavy (non-hydrogen) atoms. The van der Waals surface area contributed by atoms with Gasteiger partial charge in [0.05, 0.1) is 18.6 Å². The van der Waals surface area contributed by atoms with Gasteiger partial charge in [0.2, 0.25) is 0 Å². The molecule has 0 aliphatic carbocycles. The SMILES string of the molecule is CCOC(=O)C(C)C(C)(O)C#N. The maximum Gasteiger partial charge on any atom is 0.312 e. The molecule has 0 aliphatic rings. The van der Waals surface area contributed by atoms with Gasteiger partial charge in [-0.3, -0.25) is 4.79 Å². The molecule has 0 aliphatic heterocycles. The average Bonchev–Trinajstić information content (AvgIpc) is 2.03. The lowest BCUT2D eigenvalue weighted by Gasteiger charge is -2.20. The van der Waals surface area contributed by atoms with Gasteiger partial charge in [-0.1, -0.05) is 0 Å². The highest BCUT2D eigenvalue weighted by Crippen LogP contribution is 2.16. The van der Waals surface area contributed by atoms with Crippen LogP contribution in [0.5, 0.6) is 0 Å². The molecule has 2 unspecified atom stereocenters. The molecule has 0 radical (unpaired) electrons. The van der Waals surface area contributed by atoms with Crippen LogP contribution in [-0.2, 0) is 9.53 Å². The maximum atomic E-state index is 11.0. The Hall–Kier alpha value is -1.08. The van der Waals surface area contributed by atoms with Crippen LogP contribution < -0.4 is 0 Å². The molecule has 68 valence electrons. The quantitative estimate of drug-likeness (QED) is 0.494. The molecule has 0 rings (SSSR count). The summed E-state index contributed by atoms with van der Waals surface area (Å²) in [5, 5.41) is 17.8. The third kappa shape index (κ3) is 2.51. The van der Waals surface area contributed by atoms with E-state index < -0.39 is 17.5 Å². The Morgan fingerprint density at radius 1 is 1.83 bits per heavy atom. The van der Waals surface area contributed by atoms with Crippen LogP contribution in [-0.4, -0.2) is 23.3 Å². The molecule has 0 aromatic rings. The molecule has 4 nitrogen and oxygen atoms in total. The van der Waals surface area contributed by atoms with Crippen LogP contribution in [0, 0.1) is 17.2 Å². The van der Waals surface area contributed by atoms with Gasteiger partial charge in [0.25, 0.3) is 0 Å². The van der Waals surface area contributed by atoms with Crippen LogP contribution in [0.1, 0.15) is 20.8 Å². The molecule has 4 heteroatoms. The van der Waals surface area contributed by atoms with E-state index in [4.69, 9.17) is 5.26 Å². The molecule has 0 fully saturated rings. The standard InChI is InChI=1S/C8H13NO3/c1-4-12-7(10)6(2)8(3,11)5-9/h6,11H,4H2,1-3H3. The highest BCUT2D eigenvalue weighted by atomic mass is 16.5. The summed E-state index contributed by atoms with van der Waals surface area (Å²) >= 11 is 0. The highest BCUT2D eigenvalue weighted by molar-refractivity contribution is 5.74. The third-order valence-corrected chi connectivity index (χ3v) is 1.71. The molecule has 0 heterocycles. The van der Waals surface area contributed by atoms with Crippen LogP contribution in [0.25, 0.3) is 0 Å². The summed E-state index contributed by atoms with van der Waals surface area (Å²) in [5.41, 5.74) is -1.65. The number of nitriles is 1. The molecule has 1 N–H and O–H groups in total. The second kappa shape index (κ2) is 4.07. The lowest BCUT2D eigenvalue weighted by atomic mass is 9.93. The molecule has 0 saturated carbocycles. The summed E-state index contributed by atoms with van der Waals surface area (Å²) in [6.45, 7) is 4.67. The van der Waals surface area contributed by atoms with Crippen molar-refractivity contribution in [3.05, 3.63) is 0 Å². The van der Waals surface area contributed by atoms with Crippen LogP contribution in [0.3, 0.4) is 0 Å². The van der Waals surface area contributed by atoms with Gasteiger partial charge >= 0.3 is 5.97 Å². The Morgan fingerprint density at radius 2 is 2.33 bits per heavy atom. The Balaban J connectivity index is 4.30. The topological polar surface area (TPSA) is 70.3 Å². The van der Waals surface area contributed by atoms with E-state index in [0.29, 0.717) is 0 Å². The van der Waals surface area contributed by atoms with E-state index in [1.165, 1.54) is 13.8 Å². The molecule has 0 saturated heterocycles. The minimum absolute atomic E-state index is 0.255. The molecule has 0 spiro atoms. The van der Waals surface area contributed by atoms with E-state index in [2.05, 4.69) is 4.74 Å². The van der Waals surface area contributed by atoms with Crippen LogP contribution >= 0.6 is 0 Å². The fourth-order valence-corrected chi connectivity index (χ4v) is 0.594. The monoisotopic (exact) mass is 171 g/mol. The zero-order chi connectivity index (χ0) is 9.78. The minimum Gasteiger partial charge on any atom is -0.466 e. The number of hydrogen-bond acceptors (Lipinski definition) is 4. The molecule has 0 bridgehead atoms. The fraction of sp³-hybridized carbons (Fsp3) is 0.750. The van der Waals surface area contributed by atoms with E-state index in [9.17, 15) is 9.90 Å². The van der Waals surface area contributed by atoms with Crippen molar-refractivity contribution < 1.29 is 14.6 Å². The predicted molar refractivity (Wildman–Crippen MR) is 42.0 cm³/mol. The summed E-state index contributed by atoms with van der Waals surface area (Å²) in [4.78, 5) is 11.0. The number of rotatable bonds is 3. The Bertz CT molecular complexity index is 205. The molecule has 2 atom stereocenters. The molecule has 0 aromatic heterocycles. The summed E-state index contributed by atoms with van der Waals surface area (Å²) in [5.74, 6) is -1.37. The van der Waals surface area contributed by atoms with Crippen molar-refractivity contribution in [1.82, 2.24) is 0 Å². The van der Waals surface area contributed by atoms with Crippen molar-refractivity contribution in [2.45, 2.75) is 26.4 Å². The molecule has 0 amide bonds. The second-order valence-electron chi connectivity index (χ2n) is 2.73. The van der Waals surface area contributed by atoms with Crippen LogP contribution in [0.4, 0.5) is 0 Å². The van der Waals surface area contributed by atoms with Gasteiger partial charge in [-0.2, -0.15) is 5.26 Å². The van der Waals surface area contributed by atoms with E-state index >= 15 is 0 Å². The summed E-state index contributed by atoms with van der Waals surface area (Å²) in [6.07, 6.45) is 0. The smallest absolute Gasteiger partial charge is 0.312 e. The predicted octanol–water partition coefficient (Wildman–Crippen LogP) is 0.460. The van der Waals surface area contributed by atoms with Gasteiger partial charge in [-0.15, -0.1) is 0 Å². The normalized spacial score (nSPS) is 17.2. The first kappa shape index (κ1) is 10.9. The number of nitrogens with zero attached hydrogens (tertiary/aromatic N) is 1. The molecular formula is C8H13NO3. The largest absolute Gasteiger partial charge is 0.466 e. The minimum atomic E-state index is -1.65. The highest BCUT2D eigenvalue weighted by Gasteiger charge is 2.34. The van der Waals surface area contributed by atoms with Gasteiger partial charge in [0.1, 0.15) is 0 Å². The Labute approximate surface area is 71.8 Å². The van der Waals surface area contributed by atoms with Crippen molar-refractivity contribution >= 4 is 5.97 Å². The van der Waals surface area contributed by atoms with Gasteiger partial charge in [0.15, 0.2) is 5.60 Å². The number of hydrogen-bond donors (Lipinski definition) is 1. The molecular weight excluding hydrogens is 158 g/mol. The first-order valence-electron chi connectivity index (χ1n) is 3.76. The van der Waals surface area contributed by atoms with E-state index in [-0.39, 0.29) is 6.61 Å². The van der Waals surface area contributed by atoms with Gasteiger partial charge < -0.3 is 9.84 Å². The van der Waals surface area contributed by atoms with Crippen molar-refractivity contribution in [3.8, 4) is 6.07 Å².